The Kier molecular flexibility index (Phi) is 9.35. The quantitative estimate of drug-likeness (QED) is 0.142. The first-order valence-corrected chi connectivity index (χ1v) is 18.7. The standard InChI is InChI=1S/C36H37N2S4/c1-5-37-31-16-14-29(39-3)23-33(31)41-35(37)18-12-25-20-26(22-28(21-25)27-10-8-7-9-11-27)13-19-36-38(6-2)32-17-15-30(40-4)24-34(32)42-36/h7-20,23-24,28H,5-6,21-22H2,1-4H3/q+1. The van der Waals surface area contributed by atoms with Crippen LogP contribution in [-0.4, -0.2) is 19.1 Å². The van der Waals surface area contributed by atoms with Crippen molar-refractivity contribution in [3.63, 3.8) is 0 Å². The molecule has 0 radical (unpaired) electrons. The minimum absolute atomic E-state index is 0.477. The van der Waals surface area contributed by atoms with Crippen molar-refractivity contribution in [2.75, 3.05) is 24.0 Å². The molecule has 0 saturated heterocycles. The molecule has 2 aliphatic rings. The maximum Gasteiger partial charge on any atom is 0.262 e. The number of fused-ring (bicyclic) bond motifs is 2. The first-order valence-electron chi connectivity index (χ1n) is 14.6. The summed E-state index contributed by atoms with van der Waals surface area (Å²) in [5.74, 6) is 0.477. The molecule has 0 amide bonds. The summed E-state index contributed by atoms with van der Waals surface area (Å²) >= 11 is 7.40. The van der Waals surface area contributed by atoms with E-state index in [2.05, 4.69) is 133 Å². The molecule has 0 saturated carbocycles. The predicted molar refractivity (Wildman–Crippen MR) is 188 cm³/mol. The zero-order chi connectivity index (χ0) is 29.1. The molecule has 0 fully saturated rings. The van der Waals surface area contributed by atoms with Crippen LogP contribution in [0.15, 0.2) is 122 Å². The van der Waals surface area contributed by atoms with Gasteiger partial charge in [0.1, 0.15) is 11.2 Å². The largest absolute Gasteiger partial charge is 0.335 e. The molecule has 1 aromatic heterocycles. The lowest BCUT2D eigenvalue weighted by Gasteiger charge is -2.24. The van der Waals surface area contributed by atoms with Crippen molar-refractivity contribution in [2.45, 2.75) is 53.8 Å². The summed E-state index contributed by atoms with van der Waals surface area (Å²) in [6.07, 6.45) is 18.2. The van der Waals surface area contributed by atoms with E-state index >= 15 is 0 Å². The van der Waals surface area contributed by atoms with E-state index in [1.807, 2.05) is 46.6 Å². The van der Waals surface area contributed by atoms with Crippen LogP contribution >= 0.6 is 46.6 Å². The van der Waals surface area contributed by atoms with Crippen molar-refractivity contribution in [1.29, 1.82) is 0 Å². The highest BCUT2D eigenvalue weighted by Gasteiger charge is 2.25. The van der Waals surface area contributed by atoms with E-state index in [1.165, 1.54) is 57.3 Å². The fraction of sp³-hybridized carbons (Fsp3) is 0.250. The Labute approximate surface area is 267 Å². The van der Waals surface area contributed by atoms with E-state index in [0.717, 1.165) is 25.9 Å². The number of rotatable bonds is 8. The van der Waals surface area contributed by atoms with Crippen LogP contribution in [0, 0.1) is 0 Å². The molecule has 1 aliphatic heterocycles. The number of anilines is 1. The number of benzene rings is 3. The Hall–Kier alpha value is -2.64. The number of hydrogen-bond acceptors (Lipinski definition) is 5. The molecule has 2 nitrogen and oxygen atoms in total. The Balaban J connectivity index is 1.33. The Morgan fingerprint density at radius 3 is 2.45 bits per heavy atom. The van der Waals surface area contributed by atoms with Crippen molar-refractivity contribution in [3.05, 3.63) is 118 Å². The van der Waals surface area contributed by atoms with Crippen LogP contribution in [-0.2, 0) is 6.54 Å². The molecule has 42 heavy (non-hydrogen) atoms. The maximum absolute atomic E-state index is 2.44. The van der Waals surface area contributed by atoms with E-state index in [9.17, 15) is 0 Å². The SMILES string of the molecule is CCN1/C(=C/C=C2C=C(/C=C/c3sc4cc(SC)ccc4[n+]3CC)CC(c3ccccc3)C/2)Sc2cc(SC)ccc21. The number of thiazole rings is 1. The molecule has 4 aromatic rings. The van der Waals surface area contributed by atoms with Crippen LogP contribution in [0.4, 0.5) is 5.69 Å². The normalized spacial score (nSPS) is 18.9. The summed E-state index contributed by atoms with van der Waals surface area (Å²) in [5, 5.41) is 2.62. The molecule has 1 atom stereocenters. The monoisotopic (exact) mass is 625 g/mol. The summed E-state index contributed by atoms with van der Waals surface area (Å²) in [4.78, 5) is 6.44. The van der Waals surface area contributed by atoms with Gasteiger partial charge in [0.15, 0.2) is 0 Å². The minimum atomic E-state index is 0.477. The van der Waals surface area contributed by atoms with Crippen molar-refractivity contribution in [1.82, 2.24) is 0 Å². The van der Waals surface area contributed by atoms with Gasteiger partial charge in [-0.05, 0) is 98.2 Å². The summed E-state index contributed by atoms with van der Waals surface area (Å²) in [6, 6.07) is 24.7. The van der Waals surface area contributed by atoms with Gasteiger partial charge < -0.3 is 4.90 Å². The Bertz CT molecular complexity index is 1710. The van der Waals surface area contributed by atoms with Gasteiger partial charge in [-0.15, -0.1) is 23.5 Å². The van der Waals surface area contributed by atoms with Gasteiger partial charge in [0.25, 0.3) is 5.01 Å². The van der Waals surface area contributed by atoms with E-state index in [1.54, 1.807) is 0 Å². The van der Waals surface area contributed by atoms with Gasteiger partial charge >= 0.3 is 0 Å². The average Bonchev–Trinajstić information content (AvgIpc) is 3.58. The molecule has 6 heteroatoms. The number of hydrogen-bond donors (Lipinski definition) is 0. The number of aromatic nitrogens is 1. The van der Waals surface area contributed by atoms with Crippen LogP contribution < -0.4 is 9.47 Å². The molecule has 2 heterocycles. The van der Waals surface area contributed by atoms with Crippen molar-refractivity contribution < 1.29 is 4.57 Å². The van der Waals surface area contributed by atoms with E-state index in [4.69, 9.17) is 0 Å². The molecular weight excluding hydrogens is 589 g/mol. The van der Waals surface area contributed by atoms with Crippen molar-refractivity contribution >= 4 is 68.6 Å². The van der Waals surface area contributed by atoms with Gasteiger partial charge in [-0.2, -0.15) is 4.57 Å². The average molecular weight is 626 g/mol. The van der Waals surface area contributed by atoms with Crippen molar-refractivity contribution in [2.24, 2.45) is 0 Å². The molecule has 1 aliphatic carbocycles. The summed E-state index contributed by atoms with van der Waals surface area (Å²) < 4.78 is 3.80. The first-order chi connectivity index (χ1) is 20.6. The van der Waals surface area contributed by atoms with Crippen LogP contribution in [0.2, 0.25) is 0 Å². The van der Waals surface area contributed by atoms with E-state index in [0.29, 0.717) is 5.92 Å². The molecule has 1 unspecified atom stereocenters. The van der Waals surface area contributed by atoms with Gasteiger partial charge in [-0.3, -0.25) is 0 Å². The highest BCUT2D eigenvalue weighted by atomic mass is 32.2. The lowest BCUT2D eigenvalue weighted by molar-refractivity contribution is -0.665. The zero-order valence-electron chi connectivity index (χ0n) is 24.7. The maximum atomic E-state index is 2.44. The van der Waals surface area contributed by atoms with E-state index < -0.39 is 0 Å². The predicted octanol–water partition coefficient (Wildman–Crippen LogP) is 10.6. The zero-order valence-corrected chi connectivity index (χ0v) is 27.9. The third kappa shape index (κ3) is 6.19. The second-order valence-electron chi connectivity index (χ2n) is 10.5. The third-order valence-corrected chi connectivity index (χ3v) is 11.7. The topological polar surface area (TPSA) is 7.12 Å². The number of aryl methyl sites for hydroxylation is 1. The van der Waals surface area contributed by atoms with Gasteiger partial charge in [0, 0.05) is 33.4 Å². The summed E-state index contributed by atoms with van der Waals surface area (Å²) in [7, 11) is 0. The molecule has 3 aromatic carbocycles. The molecular formula is C36H37N2S4+. The lowest BCUT2D eigenvalue weighted by Crippen LogP contribution is -2.33. The van der Waals surface area contributed by atoms with Crippen LogP contribution in [0.3, 0.4) is 0 Å². The number of allylic oxidation sites excluding steroid dienone is 6. The second-order valence-corrected chi connectivity index (χ2v) is 14.4. The molecule has 214 valence electrons. The van der Waals surface area contributed by atoms with Gasteiger partial charge in [-0.25, -0.2) is 0 Å². The molecule has 0 spiro atoms. The smallest absolute Gasteiger partial charge is 0.262 e. The second kappa shape index (κ2) is 13.3. The van der Waals surface area contributed by atoms with Gasteiger partial charge in [0.2, 0.25) is 5.52 Å². The van der Waals surface area contributed by atoms with Crippen molar-refractivity contribution in [3.8, 4) is 0 Å². The minimum Gasteiger partial charge on any atom is -0.335 e. The fourth-order valence-corrected chi connectivity index (χ4v) is 9.24. The molecule has 0 N–H and O–H groups in total. The Morgan fingerprint density at radius 2 is 1.69 bits per heavy atom. The third-order valence-electron chi connectivity index (χ3n) is 8.00. The Morgan fingerprint density at radius 1 is 0.905 bits per heavy atom. The molecule has 0 bridgehead atoms. The highest BCUT2D eigenvalue weighted by Crippen LogP contribution is 2.47. The summed E-state index contributed by atoms with van der Waals surface area (Å²) in [6.45, 7) is 6.42. The van der Waals surface area contributed by atoms with Crippen LogP contribution in [0.25, 0.3) is 16.3 Å². The number of thioether (sulfide) groups is 3. The summed E-state index contributed by atoms with van der Waals surface area (Å²) in [5.41, 5.74) is 6.86. The lowest BCUT2D eigenvalue weighted by atomic mass is 9.81. The highest BCUT2D eigenvalue weighted by molar-refractivity contribution is 8.03. The van der Waals surface area contributed by atoms with E-state index in [-0.39, 0.29) is 0 Å². The van der Waals surface area contributed by atoms with Crippen LogP contribution in [0.5, 0.6) is 0 Å². The van der Waals surface area contributed by atoms with Gasteiger partial charge in [-0.1, -0.05) is 71.7 Å². The number of nitrogens with zero attached hydrogens (tertiary/aromatic N) is 2. The molecule has 6 rings (SSSR count). The van der Waals surface area contributed by atoms with Crippen LogP contribution in [0.1, 0.15) is 43.2 Å². The fourth-order valence-electron chi connectivity index (χ4n) is 5.87. The van der Waals surface area contributed by atoms with Gasteiger partial charge in [0.05, 0.1) is 10.7 Å². The first kappa shape index (κ1) is 29.4.